The minimum atomic E-state index is -0.404. The van der Waals surface area contributed by atoms with Crippen molar-refractivity contribution in [3.63, 3.8) is 0 Å². The van der Waals surface area contributed by atoms with E-state index in [1.54, 1.807) is 0 Å². The quantitative estimate of drug-likeness (QED) is 0.710. The lowest BCUT2D eigenvalue weighted by molar-refractivity contribution is 0.174. The number of nitrogens with zero attached hydrogens (tertiary/aromatic N) is 3. The van der Waals surface area contributed by atoms with Gasteiger partial charge in [0.05, 0.1) is 12.6 Å². The molecule has 3 rings (SSSR count). The summed E-state index contributed by atoms with van der Waals surface area (Å²) in [5, 5.41) is 18.5. The number of aromatic nitrogens is 2. The number of hydrogen-bond acceptors (Lipinski definition) is 5. The molecule has 130 valence electrons. The van der Waals surface area contributed by atoms with E-state index in [-0.39, 0.29) is 0 Å². The summed E-state index contributed by atoms with van der Waals surface area (Å²) in [6.07, 6.45) is 0.292. The second kappa shape index (κ2) is 7.94. The molecule has 5 nitrogen and oxygen atoms in total. The number of aryl methyl sites for hydroxylation is 1. The standard InChI is InChI=1S/C20H23N3O2/c1-3-17(24)13-23(16-10-5-4-6-11-16)14-19-21-22-20(25-19)18-12-8-7-9-15(18)2/h4-12,17,24H,3,13-14H2,1-2H3. The van der Waals surface area contributed by atoms with Crippen molar-refractivity contribution in [3.8, 4) is 11.5 Å². The van der Waals surface area contributed by atoms with Gasteiger partial charge in [-0.3, -0.25) is 0 Å². The van der Waals surface area contributed by atoms with Crippen molar-refractivity contribution in [2.45, 2.75) is 32.9 Å². The van der Waals surface area contributed by atoms with E-state index in [4.69, 9.17) is 4.42 Å². The Labute approximate surface area is 147 Å². The van der Waals surface area contributed by atoms with E-state index in [2.05, 4.69) is 15.1 Å². The third-order valence-corrected chi connectivity index (χ3v) is 4.19. The maximum absolute atomic E-state index is 10.1. The van der Waals surface area contributed by atoms with Crippen LogP contribution in [0.1, 0.15) is 24.8 Å². The van der Waals surface area contributed by atoms with Crippen LogP contribution >= 0.6 is 0 Å². The molecule has 0 bridgehead atoms. The Kier molecular flexibility index (Phi) is 5.46. The molecule has 1 unspecified atom stereocenters. The molecule has 1 N–H and O–H groups in total. The number of aliphatic hydroxyl groups is 1. The summed E-state index contributed by atoms with van der Waals surface area (Å²) in [4.78, 5) is 2.06. The molecule has 1 aromatic heterocycles. The van der Waals surface area contributed by atoms with Gasteiger partial charge < -0.3 is 14.4 Å². The molecule has 0 amide bonds. The second-order valence-corrected chi connectivity index (χ2v) is 6.09. The lowest BCUT2D eigenvalue weighted by Crippen LogP contribution is -2.31. The molecule has 0 radical (unpaired) electrons. The minimum absolute atomic E-state index is 0.404. The van der Waals surface area contributed by atoms with Crippen molar-refractivity contribution in [1.82, 2.24) is 10.2 Å². The van der Waals surface area contributed by atoms with Crippen molar-refractivity contribution in [2.75, 3.05) is 11.4 Å². The zero-order chi connectivity index (χ0) is 17.6. The van der Waals surface area contributed by atoms with E-state index in [0.717, 1.165) is 16.8 Å². The van der Waals surface area contributed by atoms with Gasteiger partial charge in [0.15, 0.2) is 0 Å². The van der Waals surface area contributed by atoms with Crippen LogP contribution in [0.2, 0.25) is 0 Å². The maximum Gasteiger partial charge on any atom is 0.248 e. The monoisotopic (exact) mass is 337 g/mol. The number of aliphatic hydroxyl groups excluding tert-OH is 1. The molecule has 0 aliphatic heterocycles. The molecular weight excluding hydrogens is 314 g/mol. The average molecular weight is 337 g/mol. The molecule has 0 aliphatic carbocycles. The fourth-order valence-electron chi connectivity index (χ4n) is 2.69. The number of hydrogen-bond donors (Lipinski definition) is 1. The summed E-state index contributed by atoms with van der Waals surface area (Å²) in [6, 6.07) is 17.9. The highest BCUT2D eigenvalue weighted by molar-refractivity contribution is 5.57. The predicted octanol–water partition coefficient (Wildman–Crippen LogP) is 3.82. The Morgan fingerprint density at radius 2 is 1.76 bits per heavy atom. The van der Waals surface area contributed by atoms with E-state index >= 15 is 0 Å². The lowest BCUT2D eigenvalue weighted by atomic mass is 10.1. The topological polar surface area (TPSA) is 62.4 Å². The van der Waals surface area contributed by atoms with Crippen LogP contribution in [-0.4, -0.2) is 28.0 Å². The largest absolute Gasteiger partial charge is 0.419 e. The number of anilines is 1. The lowest BCUT2D eigenvalue weighted by Gasteiger charge is -2.25. The molecule has 0 saturated carbocycles. The van der Waals surface area contributed by atoms with E-state index < -0.39 is 6.10 Å². The van der Waals surface area contributed by atoms with Crippen molar-refractivity contribution in [2.24, 2.45) is 0 Å². The highest BCUT2D eigenvalue weighted by Gasteiger charge is 2.16. The highest BCUT2D eigenvalue weighted by atomic mass is 16.4. The van der Waals surface area contributed by atoms with E-state index in [0.29, 0.717) is 31.3 Å². The van der Waals surface area contributed by atoms with Gasteiger partial charge in [-0.25, -0.2) is 0 Å². The molecule has 0 aliphatic rings. The van der Waals surface area contributed by atoms with Gasteiger partial charge in [-0.2, -0.15) is 0 Å². The van der Waals surface area contributed by atoms with Crippen molar-refractivity contribution in [1.29, 1.82) is 0 Å². The van der Waals surface area contributed by atoms with Crippen LogP contribution < -0.4 is 4.90 Å². The number of para-hydroxylation sites is 1. The van der Waals surface area contributed by atoms with Crippen LogP contribution in [0, 0.1) is 6.92 Å². The van der Waals surface area contributed by atoms with Crippen molar-refractivity contribution < 1.29 is 9.52 Å². The molecule has 1 heterocycles. The molecule has 3 aromatic rings. The van der Waals surface area contributed by atoms with Gasteiger partial charge in [-0.1, -0.05) is 43.3 Å². The Hall–Kier alpha value is -2.66. The molecule has 0 spiro atoms. The SMILES string of the molecule is CCC(O)CN(Cc1nnc(-c2ccccc2C)o1)c1ccccc1. The van der Waals surface area contributed by atoms with Gasteiger partial charge in [0, 0.05) is 17.8 Å². The van der Waals surface area contributed by atoms with Gasteiger partial charge in [0.25, 0.3) is 0 Å². The first-order valence-corrected chi connectivity index (χ1v) is 8.53. The highest BCUT2D eigenvalue weighted by Crippen LogP contribution is 2.23. The Morgan fingerprint density at radius 1 is 1.04 bits per heavy atom. The third kappa shape index (κ3) is 4.25. The van der Waals surface area contributed by atoms with Crippen LogP contribution in [-0.2, 0) is 6.54 Å². The smallest absolute Gasteiger partial charge is 0.248 e. The van der Waals surface area contributed by atoms with Gasteiger partial charge in [0.2, 0.25) is 11.8 Å². The van der Waals surface area contributed by atoms with Gasteiger partial charge >= 0.3 is 0 Å². The predicted molar refractivity (Wildman–Crippen MR) is 98.3 cm³/mol. The fourth-order valence-corrected chi connectivity index (χ4v) is 2.69. The van der Waals surface area contributed by atoms with E-state index in [1.807, 2.05) is 68.4 Å². The molecule has 25 heavy (non-hydrogen) atoms. The summed E-state index contributed by atoms with van der Waals surface area (Å²) < 4.78 is 5.87. The minimum Gasteiger partial charge on any atom is -0.419 e. The second-order valence-electron chi connectivity index (χ2n) is 6.09. The van der Waals surface area contributed by atoms with Gasteiger partial charge in [-0.05, 0) is 37.1 Å². The molecule has 1 atom stereocenters. The normalized spacial score (nSPS) is 12.1. The van der Waals surface area contributed by atoms with Crippen molar-refractivity contribution in [3.05, 3.63) is 66.1 Å². The Morgan fingerprint density at radius 3 is 2.48 bits per heavy atom. The van der Waals surface area contributed by atoms with Crippen molar-refractivity contribution >= 4 is 5.69 Å². The zero-order valence-electron chi connectivity index (χ0n) is 14.6. The van der Waals surface area contributed by atoms with E-state index in [9.17, 15) is 5.11 Å². The average Bonchev–Trinajstić information content (AvgIpc) is 3.10. The number of rotatable bonds is 7. The Balaban J connectivity index is 1.82. The van der Waals surface area contributed by atoms with Crippen LogP contribution in [0.4, 0.5) is 5.69 Å². The maximum atomic E-state index is 10.1. The van der Waals surface area contributed by atoms with Crippen LogP contribution in [0.5, 0.6) is 0 Å². The summed E-state index contributed by atoms with van der Waals surface area (Å²) in [5.74, 6) is 1.06. The third-order valence-electron chi connectivity index (χ3n) is 4.19. The summed E-state index contributed by atoms with van der Waals surface area (Å²) in [6.45, 7) is 4.96. The van der Waals surface area contributed by atoms with Gasteiger partial charge in [-0.15, -0.1) is 10.2 Å². The molecule has 5 heteroatoms. The van der Waals surface area contributed by atoms with E-state index in [1.165, 1.54) is 0 Å². The first kappa shape index (κ1) is 17.2. The van der Waals surface area contributed by atoms with Crippen LogP contribution in [0.3, 0.4) is 0 Å². The molecular formula is C20H23N3O2. The molecule has 0 fully saturated rings. The van der Waals surface area contributed by atoms with Gasteiger partial charge in [0.1, 0.15) is 0 Å². The first-order chi connectivity index (χ1) is 12.2. The Bertz CT molecular complexity index is 801. The van der Waals surface area contributed by atoms with Crippen LogP contribution in [0.15, 0.2) is 59.0 Å². The van der Waals surface area contributed by atoms with Crippen LogP contribution in [0.25, 0.3) is 11.5 Å². The molecule has 0 saturated heterocycles. The molecule has 2 aromatic carbocycles. The number of benzene rings is 2. The summed E-state index contributed by atoms with van der Waals surface area (Å²) in [5.41, 5.74) is 3.06. The first-order valence-electron chi connectivity index (χ1n) is 8.53. The fraction of sp³-hybridized carbons (Fsp3) is 0.300. The summed E-state index contributed by atoms with van der Waals surface area (Å²) >= 11 is 0. The zero-order valence-corrected chi connectivity index (χ0v) is 14.6. The summed E-state index contributed by atoms with van der Waals surface area (Å²) in [7, 11) is 0.